The van der Waals surface area contributed by atoms with Crippen molar-refractivity contribution in [3.05, 3.63) is 29.8 Å². The maximum atomic E-state index is 12.3. The van der Waals surface area contributed by atoms with Crippen molar-refractivity contribution >= 4 is 16.0 Å². The van der Waals surface area contributed by atoms with Gasteiger partial charge < -0.3 is 4.74 Å². The van der Waals surface area contributed by atoms with E-state index in [1.54, 1.807) is 0 Å². The van der Waals surface area contributed by atoms with Crippen molar-refractivity contribution in [2.24, 2.45) is 5.92 Å². The van der Waals surface area contributed by atoms with Crippen LogP contribution in [-0.2, 0) is 14.8 Å². The lowest BCUT2D eigenvalue weighted by atomic mass is 10.0. The standard InChI is InChI=1S/C16H25NO4S/c1-12(2)7-5-8-13(3)17-22(19,20)15-10-6-9-14(11-15)16(18)21-4/h6,9-13,17H,5,7-8H2,1-4H3. The van der Waals surface area contributed by atoms with Crippen molar-refractivity contribution in [2.75, 3.05) is 7.11 Å². The molecule has 0 saturated carbocycles. The molecule has 0 aromatic heterocycles. The maximum absolute atomic E-state index is 12.3. The molecule has 0 heterocycles. The minimum Gasteiger partial charge on any atom is -0.465 e. The van der Waals surface area contributed by atoms with Crippen LogP contribution >= 0.6 is 0 Å². The molecule has 0 aliphatic carbocycles. The molecule has 0 amide bonds. The average Bonchev–Trinajstić information content (AvgIpc) is 2.45. The van der Waals surface area contributed by atoms with Gasteiger partial charge in [0.1, 0.15) is 0 Å². The van der Waals surface area contributed by atoms with Crippen LogP contribution in [0.25, 0.3) is 0 Å². The average molecular weight is 327 g/mol. The molecule has 0 spiro atoms. The molecule has 22 heavy (non-hydrogen) atoms. The van der Waals surface area contributed by atoms with E-state index in [-0.39, 0.29) is 16.5 Å². The fourth-order valence-electron chi connectivity index (χ4n) is 2.13. The van der Waals surface area contributed by atoms with Crippen molar-refractivity contribution in [2.45, 2.75) is 51.0 Å². The van der Waals surface area contributed by atoms with Crippen LogP contribution in [0.2, 0.25) is 0 Å². The molecule has 1 unspecified atom stereocenters. The Hall–Kier alpha value is -1.40. The topological polar surface area (TPSA) is 72.5 Å². The van der Waals surface area contributed by atoms with E-state index in [9.17, 15) is 13.2 Å². The summed E-state index contributed by atoms with van der Waals surface area (Å²) in [4.78, 5) is 11.6. The van der Waals surface area contributed by atoms with Gasteiger partial charge in [-0.2, -0.15) is 0 Å². The molecule has 1 aromatic rings. The second-order valence-electron chi connectivity index (χ2n) is 5.87. The monoisotopic (exact) mass is 327 g/mol. The second-order valence-corrected chi connectivity index (χ2v) is 7.58. The predicted molar refractivity (Wildman–Crippen MR) is 86.3 cm³/mol. The molecule has 1 atom stereocenters. The van der Waals surface area contributed by atoms with Gasteiger partial charge in [-0.05, 0) is 37.5 Å². The summed E-state index contributed by atoms with van der Waals surface area (Å²) < 4.78 is 31.9. The number of benzene rings is 1. The number of hydrogen-bond acceptors (Lipinski definition) is 4. The summed E-state index contributed by atoms with van der Waals surface area (Å²) in [6.45, 7) is 6.14. The van der Waals surface area contributed by atoms with E-state index in [0.717, 1.165) is 19.3 Å². The lowest BCUT2D eigenvalue weighted by molar-refractivity contribution is 0.0600. The highest BCUT2D eigenvalue weighted by Crippen LogP contribution is 2.14. The van der Waals surface area contributed by atoms with E-state index in [4.69, 9.17) is 0 Å². The lowest BCUT2D eigenvalue weighted by Crippen LogP contribution is -2.32. The highest BCUT2D eigenvalue weighted by molar-refractivity contribution is 7.89. The Morgan fingerprint density at radius 1 is 1.23 bits per heavy atom. The summed E-state index contributed by atoms with van der Waals surface area (Å²) in [7, 11) is -2.37. The van der Waals surface area contributed by atoms with Gasteiger partial charge in [-0.15, -0.1) is 0 Å². The van der Waals surface area contributed by atoms with Gasteiger partial charge in [0.25, 0.3) is 0 Å². The van der Waals surface area contributed by atoms with E-state index in [2.05, 4.69) is 23.3 Å². The number of esters is 1. The van der Waals surface area contributed by atoms with E-state index in [1.807, 2.05) is 6.92 Å². The summed E-state index contributed by atoms with van der Waals surface area (Å²) in [5.74, 6) is 0.0579. The molecule has 6 heteroatoms. The molecule has 0 aliphatic heterocycles. The lowest BCUT2D eigenvalue weighted by Gasteiger charge is -2.15. The van der Waals surface area contributed by atoms with Crippen LogP contribution in [0.4, 0.5) is 0 Å². The van der Waals surface area contributed by atoms with Crippen molar-refractivity contribution in [3.63, 3.8) is 0 Å². The zero-order valence-electron chi connectivity index (χ0n) is 13.6. The molecule has 124 valence electrons. The smallest absolute Gasteiger partial charge is 0.337 e. The van der Waals surface area contributed by atoms with E-state index >= 15 is 0 Å². The summed E-state index contributed by atoms with van der Waals surface area (Å²) in [6.07, 6.45) is 2.83. The van der Waals surface area contributed by atoms with Gasteiger partial charge in [-0.3, -0.25) is 0 Å². The first-order valence-electron chi connectivity index (χ1n) is 7.47. The normalized spacial score (nSPS) is 13.1. The fourth-order valence-corrected chi connectivity index (χ4v) is 3.46. The fraction of sp³-hybridized carbons (Fsp3) is 0.562. The first kappa shape index (κ1) is 18.6. The SMILES string of the molecule is COC(=O)c1cccc(S(=O)(=O)NC(C)CCCC(C)C)c1. The van der Waals surface area contributed by atoms with Gasteiger partial charge in [0.05, 0.1) is 17.6 Å². The van der Waals surface area contributed by atoms with Crippen LogP contribution in [0.1, 0.15) is 50.4 Å². The molecule has 5 nitrogen and oxygen atoms in total. The Morgan fingerprint density at radius 2 is 1.91 bits per heavy atom. The first-order chi connectivity index (χ1) is 10.3. The van der Waals surface area contributed by atoms with E-state index < -0.39 is 16.0 Å². The Bertz CT molecular complexity index is 596. The molecule has 1 rings (SSSR count). The predicted octanol–water partition coefficient (Wildman–Crippen LogP) is 2.97. The first-order valence-corrected chi connectivity index (χ1v) is 8.95. The van der Waals surface area contributed by atoms with Gasteiger partial charge in [0.2, 0.25) is 10.0 Å². The van der Waals surface area contributed by atoms with Crippen LogP contribution in [0.5, 0.6) is 0 Å². The van der Waals surface area contributed by atoms with Crippen molar-refractivity contribution in [1.29, 1.82) is 0 Å². The van der Waals surface area contributed by atoms with Crippen LogP contribution in [-0.4, -0.2) is 27.5 Å². The quantitative estimate of drug-likeness (QED) is 0.745. The molecular weight excluding hydrogens is 302 g/mol. The van der Waals surface area contributed by atoms with E-state index in [1.165, 1.54) is 31.4 Å². The van der Waals surface area contributed by atoms with E-state index in [0.29, 0.717) is 5.92 Å². The van der Waals surface area contributed by atoms with Crippen molar-refractivity contribution < 1.29 is 17.9 Å². The summed E-state index contributed by atoms with van der Waals surface area (Å²) in [5.41, 5.74) is 0.220. The zero-order chi connectivity index (χ0) is 16.8. The van der Waals surface area contributed by atoms with Crippen LogP contribution in [0.3, 0.4) is 0 Å². The van der Waals surface area contributed by atoms with Crippen molar-refractivity contribution in [1.82, 2.24) is 4.72 Å². The summed E-state index contributed by atoms with van der Waals surface area (Å²) >= 11 is 0. The minimum absolute atomic E-state index is 0.0751. The molecule has 0 bridgehead atoms. The van der Waals surface area contributed by atoms with Gasteiger partial charge in [-0.25, -0.2) is 17.9 Å². The minimum atomic E-state index is -3.63. The maximum Gasteiger partial charge on any atom is 0.337 e. The summed E-state index contributed by atoms with van der Waals surface area (Å²) in [5, 5.41) is 0. The number of carbonyl (C=O) groups is 1. The number of methoxy groups -OCH3 is 1. The van der Waals surface area contributed by atoms with Gasteiger partial charge in [-0.1, -0.05) is 32.8 Å². The number of hydrogen-bond donors (Lipinski definition) is 1. The third-order valence-corrected chi connectivity index (χ3v) is 4.93. The molecule has 1 aromatic carbocycles. The van der Waals surface area contributed by atoms with Crippen LogP contribution in [0, 0.1) is 5.92 Å². The third-order valence-electron chi connectivity index (χ3n) is 3.34. The Kier molecular flexibility index (Phi) is 7.03. The molecule has 0 radical (unpaired) electrons. The number of nitrogens with one attached hydrogen (secondary N) is 1. The molecule has 0 aliphatic rings. The molecule has 0 fully saturated rings. The zero-order valence-corrected chi connectivity index (χ0v) is 14.4. The van der Waals surface area contributed by atoms with Crippen LogP contribution < -0.4 is 4.72 Å². The van der Waals surface area contributed by atoms with Crippen LogP contribution in [0.15, 0.2) is 29.2 Å². The molecule has 0 saturated heterocycles. The molecule has 1 N–H and O–H groups in total. The Labute approximate surface area is 133 Å². The van der Waals surface area contributed by atoms with Crippen molar-refractivity contribution in [3.8, 4) is 0 Å². The Balaban J connectivity index is 2.75. The third kappa shape index (κ3) is 5.77. The number of carbonyl (C=O) groups excluding carboxylic acids is 1. The highest BCUT2D eigenvalue weighted by atomic mass is 32.2. The number of sulfonamides is 1. The largest absolute Gasteiger partial charge is 0.465 e. The number of ether oxygens (including phenoxy) is 1. The summed E-state index contributed by atoms with van der Waals surface area (Å²) in [6, 6.07) is 5.71. The second kappa shape index (κ2) is 8.29. The number of rotatable bonds is 8. The highest BCUT2D eigenvalue weighted by Gasteiger charge is 2.19. The van der Waals surface area contributed by atoms with Gasteiger partial charge >= 0.3 is 5.97 Å². The Morgan fingerprint density at radius 3 is 2.50 bits per heavy atom. The van der Waals surface area contributed by atoms with Gasteiger partial charge in [0, 0.05) is 6.04 Å². The molecular formula is C16H25NO4S. The van der Waals surface area contributed by atoms with Gasteiger partial charge in [0.15, 0.2) is 0 Å².